The van der Waals surface area contributed by atoms with Crippen molar-refractivity contribution in [2.75, 3.05) is 18.4 Å². The molecule has 0 aromatic carbocycles. The molecule has 3 rings (SSSR count). The fourth-order valence-corrected chi connectivity index (χ4v) is 4.60. The molecule has 1 aliphatic heterocycles. The van der Waals surface area contributed by atoms with E-state index in [2.05, 4.69) is 34.1 Å². The lowest BCUT2D eigenvalue weighted by Crippen LogP contribution is -2.35. The van der Waals surface area contributed by atoms with Gasteiger partial charge in [-0.25, -0.2) is 9.97 Å². The third kappa shape index (κ3) is 3.95. The normalized spacial score (nSPS) is 15.7. The molecule has 2 aromatic rings. The molecule has 0 aliphatic carbocycles. The van der Waals surface area contributed by atoms with E-state index in [1.54, 1.807) is 6.33 Å². The zero-order valence-electron chi connectivity index (χ0n) is 14.6. The van der Waals surface area contributed by atoms with E-state index in [4.69, 9.17) is 0 Å². The van der Waals surface area contributed by atoms with E-state index >= 15 is 0 Å². The van der Waals surface area contributed by atoms with E-state index in [0.717, 1.165) is 49.4 Å². The maximum atomic E-state index is 4.60. The van der Waals surface area contributed by atoms with Gasteiger partial charge in [-0.05, 0) is 50.8 Å². The van der Waals surface area contributed by atoms with E-state index in [1.807, 2.05) is 17.4 Å². The minimum Gasteiger partial charge on any atom is -0.367 e. The molecule has 4 nitrogen and oxygen atoms in total. The van der Waals surface area contributed by atoms with Crippen LogP contribution in [-0.2, 0) is 12.8 Å². The summed E-state index contributed by atoms with van der Waals surface area (Å²) in [7, 11) is 0. The maximum absolute atomic E-state index is 4.60. The van der Waals surface area contributed by atoms with Gasteiger partial charge in [-0.2, -0.15) is 0 Å². The van der Waals surface area contributed by atoms with Crippen LogP contribution in [0, 0.1) is 0 Å². The lowest BCUT2D eigenvalue weighted by molar-refractivity contribution is 0.478. The Bertz CT molecular complexity index is 673. The average Bonchev–Trinajstić information content (AvgIpc) is 2.95. The van der Waals surface area contributed by atoms with Crippen LogP contribution < -0.4 is 10.6 Å². The number of rotatable bonds is 8. The van der Waals surface area contributed by atoms with E-state index in [-0.39, 0.29) is 0 Å². The van der Waals surface area contributed by atoms with Crippen LogP contribution in [0.1, 0.15) is 49.5 Å². The maximum Gasteiger partial charge on any atom is 0.138 e. The quantitative estimate of drug-likeness (QED) is 0.553. The first-order valence-electron chi connectivity index (χ1n) is 9.16. The van der Waals surface area contributed by atoms with Crippen LogP contribution in [0.5, 0.6) is 0 Å². The minimum atomic E-state index is 0.510. The lowest BCUT2D eigenvalue weighted by atomic mass is 10.0. The largest absolute Gasteiger partial charge is 0.367 e. The number of anilines is 1. The van der Waals surface area contributed by atoms with Gasteiger partial charge in [0.2, 0.25) is 0 Å². The lowest BCUT2D eigenvalue weighted by Gasteiger charge is -2.24. The zero-order valence-corrected chi connectivity index (χ0v) is 15.4. The van der Waals surface area contributed by atoms with Crippen LogP contribution in [-0.4, -0.2) is 29.1 Å². The Labute approximate surface area is 148 Å². The molecule has 0 saturated carbocycles. The summed E-state index contributed by atoms with van der Waals surface area (Å²) in [5.74, 6) is 1.03. The predicted octanol–water partition coefficient (Wildman–Crippen LogP) is 4.32. The van der Waals surface area contributed by atoms with Gasteiger partial charge in [0.05, 0.1) is 5.39 Å². The second kappa shape index (κ2) is 8.58. The molecule has 2 N–H and O–H groups in total. The number of piperidine rings is 1. The molecule has 1 fully saturated rings. The van der Waals surface area contributed by atoms with Gasteiger partial charge in [-0.3, -0.25) is 0 Å². The number of aryl methyl sites for hydroxylation is 1. The first-order chi connectivity index (χ1) is 11.8. The topological polar surface area (TPSA) is 49.8 Å². The highest BCUT2D eigenvalue weighted by Gasteiger charge is 2.19. The summed E-state index contributed by atoms with van der Waals surface area (Å²) in [6.45, 7) is 8.35. The highest BCUT2D eigenvalue weighted by Crippen LogP contribution is 2.36. The summed E-state index contributed by atoms with van der Waals surface area (Å²) in [5, 5.41) is 8.38. The van der Waals surface area contributed by atoms with Crippen molar-refractivity contribution in [1.82, 2.24) is 15.3 Å². The molecule has 0 unspecified atom stereocenters. The Balaban J connectivity index is 1.93. The van der Waals surface area contributed by atoms with E-state index in [1.165, 1.54) is 35.1 Å². The zero-order chi connectivity index (χ0) is 16.8. The third-order valence-corrected chi connectivity index (χ3v) is 5.87. The second-order valence-corrected chi connectivity index (χ2v) is 7.61. The van der Waals surface area contributed by atoms with Crippen molar-refractivity contribution in [3.8, 4) is 0 Å². The van der Waals surface area contributed by atoms with Crippen molar-refractivity contribution < 1.29 is 0 Å². The van der Waals surface area contributed by atoms with Crippen LogP contribution in [0.25, 0.3) is 10.2 Å². The van der Waals surface area contributed by atoms with Crippen LogP contribution >= 0.6 is 11.3 Å². The molecule has 2 aromatic heterocycles. The van der Waals surface area contributed by atoms with Crippen LogP contribution in [0.15, 0.2) is 19.0 Å². The third-order valence-electron chi connectivity index (χ3n) is 4.71. The molecular formula is C19H28N4S. The number of allylic oxidation sites excluding steroid dienone is 1. The molecule has 1 aliphatic rings. The Morgan fingerprint density at radius 3 is 2.92 bits per heavy atom. The Hall–Kier alpha value is -1.46. The Morgan fingerprint density at radius 2 is 2.17 bits per heavy atom. The van der Waals surface area contributed by atoms with Gasteiger partial charge in [0, 0.05) is 10.9 Å². The van der Waals surface area contributed by atoms with Gasteiger partial charge in [0.25, 0.3) is 0 Å². The number of fused-ring (bicyclic) bond motifs is 1. The summed E-state index contributed by atoms with van der Waals surface area (Å²) < 4.78 is 0. The predicted molar refractivity (Wildman–Crippen MR) is 104 cm³/mol. The number of thiophene rings is 1. The second-order valence-electron chi connectivity index (χ2n) is 6.52. The smallest absolute Gasteiger partial charge is 0.138 e. The van der Waals surface area contributed by atoms with Crippen LogP contribution in [0.2, 0.25) is 0 Å². The summed E-state index contributed by atoms with van der Waals surface area (Å²) in [6.07, 6.45) is 11.8. The summed E-state index contributed by atoms with van der Waals surface area (Å²) in [4.78, 5) is 11.7. The molecule has 0 amide bonds. The van der Waals surface area contributed by atoms with Gasteiger partial charge >= 0.3 is 0 Å². The van der Waals surface area contributed by atoms with Crippen molar-refractivity contribution in [3.63, 3.8) is 0 Å². The van der Waals surface area contributed by atoms with Gasteiger partial charge in [-0.15, -0.1) is 17.9 Å². The first kappa shape index (κ1) is 17.4. The Morgan fingerprint density at radius 1 is 1.33 bits per heavy atom. The number of nitrogens with zero attached hydrogens (tertiary/aromatic N) is 2. The number of hydrogen-bond acceptors (Lipinski definition) is 5. The van der Waals surface area contributed by atoms with Crippen molar-refractivity contribution in [1.29, 1.82) is 0 Å². The fourth-order valence-electron chi connectivity index (χ4n) is 3.42. The summed E-state index contributed by atoms with van der Waals surface area (Å²) >= 11 is 1.81. The molecule has 24 heavy (non-hydrogen) atoms. The highest BCUT2D eigenvalue weighted by molar-refractivity contribution is 7.19. The average molecular weight is 345 g/mol. The molecule has 0 spiro atoms. The standard InChI is InChI=1S/C19H28N4S/c1-3-5-6-8-15-16(7-4-2)24-19-17(15)18(21-13-22-19)23-14-9-11-20-12-10-14/h4,13-14,20H,2-3,5-12H2,1H3,(H,21,22,23). The summed E-state index contributed by atoms with van der Waals surface area (Å²) in [5.41, 5.74) is 1.44. The molecule has 0 atom stereocenters. The van der Waals surface area contributed by atoms with Crippen molar-refractivity contribution in [2.45, 2.75) is 57.9 Å². The number of aromatic nitrogens is 2. The monoisotopic (exact) mass is 344 g/mol. The van der Waals surface area contributed by atoms with Gasteiger partial charge in [0.1, 0.15) is 17.0 Å². The van der Waals surface area contributed by atoms with E-state index in [9.17, 15) is 0 Å². The minimum absolute atomic E-state index is 0.510. The van der Waals surface area contributed by atoms with E-state index < -0.39 is 0 Å². The fraction of sp³-hybridized carbons (Fsp3) is 0.579. The number of nitrogens with one attached hydrogen (secondary N) is 2. The molecule has 0 radical (unpaired) electrons. The molecule has 0 bridgehead atoms. The van der Waals surface area contributed by atoms with Crippen LogP contribution in [0.4, 0.5) is 5.82 Å². The molecule has 1 saturated heterocycles. The van der Waals surface area contributed by atoms with Crippen molar-refractivity contribution in [3.05, 3.63) is 29.4 Å². The van der Waals surface area contributed by atoms with Crippen LogP contribution in [0.3, 0.4) is 0 Å². The summed E-state index contributed by atoms with van der Waals surface area (Å²) in [6, 6.07) is 0.510. The molecule has 130 valence electrons. The molecular weight excluding hydrogens is 316 g/mol. The highest BCUT2D eigenvalue weighted by atomic mass is 32.1. The van der Waals surface area contributed by atoms with Gasteiger partial charge in [0.15, 0.2) is 0 Å². The molecule has 5 heteroatoms. The number of unbranched alkanes of at least 4 members (excludes halogenated alkanes) is 2. The number of hydrogen-bond donors (Lipinski definition) is 2. The van der Waals surface area contributed by atoms with Crippen molar-refractivity contribution in [2.24, 2.45) is 0 Å². The molecule has 3 heterocycles. The van der Waals surface area contributed by atoms with Crippen molar-refractivity contribution >= 4 is 27.4 Å². The SMILES string of the molecule is C=CCc1sc2ncnc(NC3CCNCC3)c2c1CCCCC. The Kier molecular flexibility index (Phi) is 6.21. The first-order valence-corrected chi connectivity index (χ1v) is 9.98. The van der Waals surface area contributed by atoms with Gasteiger partial charge < -0.3 is 10.6 Å². The van der Waals surface area contributed by atoms with Gasteiger partial charge in [-0.1, -0.05) is 25.8 Å². The van der Waals surface area contributed by atoms with E-state index in [0.29, 0.717) is 6.04 Å².